The zero-order valence-corrected chi connectivity index (χ0v) is 24.1. The summed E-state index contributed by atoms with van der Waals surface area (Å²) >= 11 is 0. The lowest BCUT2D eigenvalue weighted by atomic mass is 9.97. The molecule has 2 aromatic carbocycles. The SMILES string of the molecule is CCCCCCOc1ccc(C2c3c(oc4c(C)cc(C)cc4c3=O)C(=O)N2CCCOC(C)C)cc1OC. The van der Waals surface area contributed by atoms with E-state index in [1.54, 1.807) is 12.0 Å². The fourth-order valence-electron chi connectivity index (χ4n) is 5.29. The van der Waals surface area contributed by atoms with E-state index in [0.717, 1.165) is 29.5 Å². The fraction of sp³-hybridized carbons (Fsp3) is 0.500. The molecule has 3 aromatic rings. The van der Waals surface area contributed by atoms with Gasteiger partial charge >= 0.3 is 0 Å². The number of benzene rings is 2. The molecule has 0 fully saturated rings. The third-order valence-electron chi connectivity index (χ3n) is 7.15. The number of ether oxygens (including phenoxy) is 3. The molecule has 0 saturated carbocycles. The van der Waals surface area contributed by atoms with Crippen LogP contribution in [0, 0.1) is 13.8 Å². The normalized spacial score (nSPS) is 14.9. The number of nitrogens with zero attached hydrogens (tertiary/aromatic N) is 1. The first kappa shape index (κ1) is 28.7. The van der Waals surface area contributed by atoms with Crippen molar-refractivity contribution in [3.05, 3.63) is 68.6 Å². The van der Waals surface area contributed by atoms with Gasteiger partial charge in [-0.1, -0.05) is 38.3 Å². The lowest BCUT2D eigenvalue weighted by Gasteiger charge is -2.26. The Kier molecular flexibility index (Phi) is 9.33. The lowest BCUT2D eigenvalue weighted by molar-refractivity contribution is 0.0593. The highest BCUT2D eigenvalue weighted by atomic mass is 16.5. The van der Waals surface area contributed by atoms with Crippen molar-refractivity contribution in [1.82, 2.24) is 4.90 Å². The molecule has 1 amide bonds. The van der Waals surface area contributed by atoms with Gasteiger partial charge in [0.25, 0.3) is 5.91 Å². The summed E-state index contributed by atoms with van der Waals surface area (Å²) in [5, 5.41) is 0.494. The predicted molar refractivity (Wildman–Crippen MR) is 153 cm³/mol. The highest BCUT2D eigenvalue weighted by molar-refractivity contribution is 5.99. The van der Waals surface area contributed by atoms with Gasteiger partial charge in [-0.2, -0.15) is 0 Å². The second kappa shape index (κ2) is 12.7. The maximum absolute atomic E-state index is 13.9. The van der Waals surface area contributed by atoms with Crippen molar-refractivity contribution in [2.24, 2.45) is 0 Å². The van der Waals surface area contributed by atoms with Crippen molar-refractivity contribution in [3.8, 4) is 11.5 Å². The van der Waals surface area contributed by atoms with Gasteiger partial charge in [-0.25, -0.2) is 0 Å². The second-order valence-electron chi connectivity index (χ2n) is 10.6. The Balaban J connectivity index is 1.75. The Labute approximate surface area is 231 Å². The topological polar surface area (TPSA) is 78.2 Å². The largest absolute Gasteiger partial charge is 0.493 e. The molecular weight excluding hydrogens is 494 g/mol. The van der Waals surface area contributed by atoms with Crippen LogP contribution in [0.25, 0.3) is 11.0 Å². The number of amides is 1. The summed E-state index contributed by atoms with van der Waals surface area (Å²) in [7, 11) is 1.60. The van der Waals surface area contributed by atoms with Crippen LogP contribution in [-0.2, 0) is 4.74 Å². The summed E-state index contributed by atoms with van der Waals surface area (Å²) in [5.74, 6) is 1.05. The number of hydrogen-bond acceptors (Lipinski definition) is 6. The minimum atomic E-state index is -0.597. The highest BCUT2D eigenvalue weighted by Crippen LogP contribution is 2.41. The standard InChI is InChI=1S/C32H41NO6/c1-7-8-9-10-15-38-25-13-12-23(19-26(25)36-6)28-27-29(34)24-18-21(4)17-22(5)30(24)39-31(27)32(35)33(28)14-11-16-37-20(2)3/h12-13,17-20,28H,7-11,14-16H2,1-6H3. The molecule has 1 aliphatic heterocycles. The van der Waals surface area contributed by atoms with Gasteiger partial charge in [-0.05, 0) is 75.4 Å². The molecule has 1 aromatic heterocycles. The Morgan fingerprint density at radius 3 is 2.49 bits per heavy atom. The summed E-state index contributed by atoms with van der Waals surface area (Å²) in [4.78, 5) is 29.4. The van der Waals surface area contributed by atoms with Crippen molar-refractivity contribution in [1.29, 1.82) is 0 Å². The van der Waals surface area contributed by atoms with Crippen LogP contribution in [0.5, 0.6) is 11.5 Å². The fourth-order valence-corrected chi connectivity index (χ4v) is 5.29. The Morgan fingerprint density at radius 1 is 0.974 bits per heavy atom. The van der Waals surface area contributed by atoms with Crippen LogP contribution in [-0.4, -0.2) is 43.8 Å². The Bertz CT molecular complexity index is 1380. The van der Waals surface area contributed by atoms with Crippen LogP contribution >= 0.6 is 0 Å². The summed E-state index contributed by atoms with van der Waals surface area (Å²) in [6.07, 6.45) is 5.19. The number of unbranched alkanes of at least 4 members (excludes halogenated alkanes) is 3. The van der Waals surface area contributed by atoms with E-state index < -0.39 is 6.04 Å². The molecule has 0 saturated heterocycles. The number of carbonyl (C=O) groups excluding carboxylic acids is 1. The van der Waals surface area contributed by atoms with Gasteiger partial charge in [0.15, 0.2) is 16.9 Å². The summed E-state index contributed by atoms with van der Waals surface area (Å²) in [5.41, 5.74) is 3.24. The molecule has 7 nitrogen and oxygen atoms in total. The smallest absolute Gasteiger partial charge is 0.290 e. The van der Waals surface area contributed by atoms with Gasteiger partial charge < -0.3 is 23.5 Å². The van der Waals surface area contributed by atoms with Crippen LogP contribution in [0.15, 0.2) is 39.5 Å². The minimum Gasteiger partial charge on any atom is -0.493 e. The molecule has 210 valence electrons. The van der Waals surface area contributed by atoms with Gasteiger partial charge in [-0.3, -0.25) is 9.59 Å². The van der Waals surface area contributed by atoms with Crippen molar-refractivity contribution in [3.63, 3.8) is 0 Å². The number of fused-ring (bicyclic) bond motifs is 2. The Hall–Kier alpha value is -3.32. The van der Waals surface area contributed by atoms with Crippen LogP contribution in [0.4, 0.5) is 0 Å². The van der Waals surface area contributed by atoms with Crippen molar-refractivity contribution in [2.45, 2.75) is 78.9 Å². The van der Waals surface area contributed by atoms with Crippen molar-refractivity contribution >= 4 is 16.9 Å². The zero-order valence-electron chi connectivity index (χ0n) is 24.1. The number of hydrogen-bond donors (Lipinski definition) is 0. The second-order valence-corrected chi connectivity index (χ2v) is 10.6. The van der Waals surface area contributed by atoms with Crippen LogP contribution in [0.2, 0.25) is 0 Å². The van der Waals surface area contributed by atoms with Crippen LogP contribution in [0.3, 0.4) is 0 Å². The van der Waals surface area contributed by atoms with E-state index in [1.165, 1.54) is 12.8 Å². The van der Waals surface area contributed by atoms with E-state index >= 15 is 0 Å². The minimum absolute atomic E-state index is 0.103. The quantitative estimate of drug-likeness (QED) is 0.226. The highest BCUT2D eigenvalue weighted by Gasteiger charge is 2.43. The zero-order chi connectivity index (χ0) is 28.1. The first-order chi connectivity index (χ1) is 18.8. The lowest BCUT2D eigenvalue weighted by Crippen LogP contribution is -2.31. The molecule has 0 N–H and O–H groups in total. The molecule has 0 radical (unpaired) electrons. The first-order valence-electron chi connectivity index (χ1n) is 14.1. The molecule has 1 aliphatic rings. The molecule has 1 atom stereocenters. The maximum Gasteiger partial charge on any atom is 0.290 e. The third-order valence-corrected chi connectivity index (χ3v) is 7.15. The van der Waals surface area contributed by atoms with Gasteiger partial charge in [0.2, 0.25) is 5.76 Å². The number of rotatable bonds is 13. The summed E-state index contributed by atoms with van der Waals surface area (Å²) < 4.78 is 23.6. The molecule has 39 heavy (non-hydrogen) atoms. The molecular formula is C32H41NO6. The van der Waals surface area contributed by atoms with E-state index in [-0.39, 0.29) is 23.2 Å². The average Bonchev–Trinajstić information content (AvgIpc) is 3.18. The number of aryl methyl sites for hydroxylation is 2. The maximum atomic E-state index is 13.9. The van der Waals surface area contributed by atoms with Gasteiger partial charge in [-0.15, -0.1) is 0 Å². The Morgan fingerprint density at radius 2 is 1.77 bits per heavy atom. The third kappa shape index (κ3) is 6.14. The van der Waals surface area contributed by atoms with Crippen molar-refractivity contribution in [2.75, 3.05) is 26.9 Å². The number of carbonyl (C=O) groups is 1. The summed E-state index contributed by atoms with van der Waals surface area (Å²) in [6, 6.07) is 8.86. The van der Waals surface area contributed by atoms with Crippen LogP contribution < -0.4 is 14.9 Å². The molecule has 2 heterocycles. The molecule has 7 heteroatoms. The molecule has 0 bridgehead atoms. The van der Waals surface area contributed by atoms with E-state index in [2.05, 4.69) is 6.92 Å². The predicted octanol–water partition coefficient (Wildman–Crippen LogP) is 6.74. The first-order valence-corrected chi connectivity index (χ1v) is 14.1. The average molecular weight is 536 g/mol. The molecule has 1 unspecified atom stereocenters. The van der Waals surface area contributed by atoms with E-state index in [4.69, 9.17) is 18.6 Å². The monoisotopic (exact) mass is 535 g/mol. The number of methoxy groups -OCH3 is 1. The summed E-state index contributed by atoms with van der Waals surface area (Å²) in [6.45, 7) is 11.5. The van der Waals surface area contributed by atoms with E-state index in [1.807, 2.05) is 58.0 Å². The van der Waals surface area contributed by atoms with Gasteiger partial charge in [0, 0.05) is 13.2 Å². The molecule has 0 spiro atoms. The molecule has 4 rings (SSSR count). The molecule has 0 aliphatic carbocycles. The van der Waals surface area contributed by atoms with Gasteiger partial charge in [0.1, 0.15) is 5.58 Å². The van der Waals surface area contributed by atoms with Crippen LogP contribution in [0.1, 0.15) is 91.7 Å². The van der Waals surface area contributed by atoms with Gasteiger partial charge in [0.05, 0.1) is 36.8 Å². The van der Waals surface area contributed by atoms with E-state index in [0.29, 0.717) is 54.2 Å². The van der Waals surface area contributed by atoms with Crippen molar-refractivity contribution < 1.29 is 23.4 Å². The van der Waals surface area contributed by atoms with E-state index in [9.17, 15) is 9.59 Å².